The van der Waals surface area contributed by atoms with Crippen molar-refractivity contribution in [2.24, 2.45) is 0 Å². The maximum Gasteiger partial charge on any atom is 0.236 e. The molecule has 1 N–H and O–H groups in total. The average molecular weight is 331 g/mol. The molecule has 0 saturated heterocycles. The third-order valence-corrected chi connectivity index (χ3v) is 3.80. The highest BCUT2D eigenvalue weighted by molar-refractivity contribution is 5.45. The molecule has 3 heterocycles. The normalized spacial score (nSPS) is 10.7. The fourth-order valence-electron chi connectivity index (χ4n) is 2.53. The number of imidazole rings is 2. The molecule has 0 aliphatic heterocycles. The van der Waals surface area contributed by atoms with Gasteiger partial charge in [-0.3, -0.25) is 4.57 Å². The molecule has 7 heteroatoms. The Balaban J connectivity index is 1.63. The van der Waals surface area contributed by atoms with Gasteiger partial charge in [-0.2, -0.15) is 4.98 Å². The zero-order valence-corrected chi connectivity index (χ0v) is 13.5. The summed E-state index contributed by atoms with van der Waals surface area (Å²) in [6.07, 6.45) is 12.5. The van der Waals surface area contributed by atoms with Crippen molar-refractivity contribution in [2.45, 2.75) is 13.1 Å². The van der Waals surface area contributed by atoms with Crippen LogP contribution in [0.2, 0.25) is 0 Å². The lowest BCUT2D eigenvalue weighted by Crippen LogP contribution is -2.10. The van der Waals surface area contributed by atoms with Gasteiger partial charge in [0.2, 0.25) is 5.95 Å². The van der Waals surface area contributed by atoms with E-state index in [0.717, 1.165) is 11.4 Å². The van der Waals surface area contributed by atoms with Crippen LogP contribution in [0.4, 0.5) is 5.82 Å². The minimum absolute atomic E-state index is 0.586. The molecule has 0 atom stereocenters. The molecule has 0 unspecified atom stereocenters. The molecule has 0 fully saturated rings. The molecule has 7 nitrogen and oxygen atoms in total. The molecule has 0 radical (unpaired) electrons. The van der Waals surface area contributed by atoms with Gasteiger partial charge in [0.15, 0.2) is 0 Å². The van der Waals surface area contributed by atoms with Gasteiger partial charge in [-0.25, -0.2) is 15.0 Å². The van der Waals surface area contributed by atoms with Crippen molar-refractivity contribution in [3.05, 3.63) is 85.1 Å². The Labute approximate surface area is 145 Å². The second-order valence-corrected chi connectivity index (χ2v) is 5.59. The number of nitrogens with zero attached hydrogens (tertiary/aromatic N) is 6. The van der Waals surface area contributed by atoms with Gasteiger partial charge in [0.1, 0.15) is 12.1 Å². The molecule has 0 bridgehead atoms. The smallest absolute Gasteiger partial charge is 0.236 e. The molecule has 124 valence electrons. The summed E-state index contributed by atoms with van der Waals surface area (Å²) in [5.41, 5.74) is 2.19. The summed E-state index contributed by atoms with van der Waals surface area (Å²) >= 11 is 0. The number of anilines is 1. The van der Waals surface area contributed by atoms with E-state index in [-0.39, 0.29) is 0 Å². The summed E-state index contributed by atoms with van der Waals surface area (Å²) in [5, 5.41) is 3.43. The highest BCUT2D eigenvalue weighted by atomic mass is 15.2. The molecule has 0 aliphatic rings. The van der Waals surface area contributed by atoms with Crippen molar-refractivity contribution >= 4 is 5.82 Å². The van der Waals surface area contributed by atoms with Gasteiger partial charge < -0.3 is 9.88 Å². The minimum Gasteiger partial charge on any atom is -0.366 e. The van der Waals surface area contributed by atoms with Crippen molar-refractivity contribution in [3.8, 4) is 5.95 Å². The summed E-state index contributed by atoms with van der Waals surface area (Å²) in [6, 6.07) is 10.2. The highest BCUT2D eigenvalue weighted by Gasteiger charge is 2.09. The second kappa shape index (κ2) is 6.96. The summed E-state index contributed by atoms with van der Waals surface area (Å²) in [6.45, 7) is 1.35. The van der Waals surface area contributed by atoms with Crippen LogP contribution < -0.4 is 5.32 Å². The van der Waals surface area contributed by atoms with E-state index in [0.29, 0.717) is 19.0 Å². The molecule has 4 rings (SSSR count). The average Bonchev–Trinajstić information content (AvgIpc) is 3.36. The molecule has 0 spiro atoms. The first-order valence-electron chi connectivity index (χ1n) is 7.96. The van der Waals surface area contributed by atoms with Crippen molar-refractivity contribution < 1.29 is 0 Å². The molecule has 25 heavy (non-hydrogen) atoms. The van der Waals surface area contributed by atoms with Crippen LogP contribution in [0, 0.1) is 0 Å². The standard InChI is InChI=1S/C18H17N7/c1-2-4-15(5-3-1)10-21-17-16(12-24-8-6-19-13-24)11-22-18(23-17)25-9-7-20-14-25/h1-9,11,13-14H,10,12H2,(H,21,22,23). The third kappa shape index (κ3) is 3.55. The lowest BCUT2D eigenvalue weighted by atomic mass is 10.2. The van der Waals surface area contributed by atoms with Crippen LogP contribution >= 0.6 is 0 Å². The van der Waals surface area contributed by atoms with E-state index in [4.69, 9.17) is 0 Å². The zero-order chi connectivity index (χ0) is 16.9. The molecule has 0 aliphatic carbocycles. The van der Waals surface area contributed by atoms with Gasteiger partial charge in [0, 0.05) is 43.1 Å². The fraction of sp³-hybridized carbons (Fsp3) is 0.111. The third-order valence-electron chi connectivity index (χ3n) is 3.80. The quantitative estimate of drug-likeness (QED) is 0.588. The largest absolute Gasteiger partial charge is 0.366 e. The summed E-state index contributed by atoms with van der Waals surface area (Å²) in [4.78, 5) is 17.3. The second-order valence-electron chi connectivity index (χ2n) is 5.59. The number of benzene rings is 1. The Morgan fingerprint density at radius 1 is 0.960 bits per heavy atom. The predicted molar refractivity (Wildman–Crippen MR) is 94.3 cm³/mol. The topological polar surface area (TPSA) is 73.5 Å². The SMILES string of the molecule is c1ccc(CNc2nc(-n3ccnc3)ncc2Cn2ccnc2)cc1. The first kappa shape index (κ1) is 15.1. The Morgan fingerprint density at radius 2 is 1.80 bits per heavy atom. The molecular formula is C18H17N7. The van der Waals surface area contributed by atoms with E-state index in [9.17, 15) is 0 Å². The van der Waals surface area contributed by atoms with Crippen LogP contribution in [-0.2, 0) is 13.1 Å². The van der Waals surface area contributed by atoms with Gasteiger partial charge in [0.05, 0.1) is 12.9 Å². The monoisotopic (exact) mass is 331 g/mol. The Hall–Kier alpha value is -3.48. The summed E-state index contributed by atoms with van der Waals surface area (Å²) < 4.78 is 3.78. The Morgan fingerprint density at radius 3 is 2.56 bits per heavy atom. The number of hydrogen-bond acceptors (Lipinski definition) is 5. The van der Waals surface area contributed by atoms with Crippen molar-refractivity contribution in [1.82, 2.24) is 29.1 Å². The molecular weight excluding hydrogens is 314 g/mol. The predicted octanol–water partition coefficient (Wildman–Crippen LogP) is 2.52. The van der Waals surface area contributed by atoms with E-state index in [2.05, 4.69) is 37.4 Å². The van der Waals surface area contributed by atoms with E-state index in [1.165, 1.54) is 5.56 Å². The Kier molecular flexibility index (Phi) is 4.20. The maximum absolute atomic E-state index is 4.68. The van der Waals surface area contributed by atoms with Gasteiger partial charge in [-0.05, 0) is 5.56 Å². The van der Waals surface area contributed by atoms with Crippen LogP contribution in [0.3, 0.4) is 0 Å². The minimum atomic E-state index is 0.586. The highest BCUT2D eigenvalue weighted by Crippen LogP contribution is 2.16. The zero-order valence-electron chi connectivity index (χ0n) is 13.5. The van der Waals surface area contributed by atoms with Crippen molar-refractivity contribution in [3.63, 3.8) is 0 Å². The van der Waals surface area contributed by atoms with Crippen LogP contribution in [0.5, 0.6) is 0 Å². The van der Waals surface area contributed by atoms with Gasteiger partial charge in [-0.1, -0.05) is 30.3 Å². The summed E-state index contributed by atoms with van der Waals surface area (Å²) in [5.74, 6) is 1.39. The number of hydrogen-bond donors (Lipinski definition) is 1. The van der Waals surface area contributed by atoms with Crippen LogP contribution in [0.1, 0.15) is 11.1 Å². The van der Waals surface area contributed by atoms with Gasteiger partial charge in [-0.15, -0.1) is 0 Å². The van der Waals surface area contributed by atoms with Crippen molar-refractivity contribution in [2.75, 3.05) is 5.32 Å². The molecule has 0 saturated carbocycles. The van der Waals surface area contributed by atoms with Crippen LogP contribution in [0.15, 0.2) is 74.0 Å². The molecule has 1 aromatic carbocycles. The number of aromatic nitrogens is 6. The van der Waals surface area contributed by atoms with Gasteiger partial charge in [0.25, 0.3) is 0 Å². The maximum atomic E-state index is 4.68. The molecule has 0 amide bonds. The lowest BCUT2D eigenvalue weighted by Gasteiger charge is -2.13. The Bertz CT molecular complexity index is 915. The molecule has 3 aromatic heterocycles. The van der Waals surface area contributed by atoms with E-state index < -0.39 is 0 Å². The number of nitrogens with one attached hydrogen (secondary N) is 1. The van der Waals surface area contributed by atoms with Crippen LogP contribution in [-0.4, -0.2) is 29.1 Å². The van der Waals surface area contributed by atoms with Crippen LogP contribution in [0.25, 0.3) is 5.95 Å². The first-order chi connectivity index (χ1) is 12.4. The van der Waals surface area contributed by atoms with E-state index in [1.807, 2.05) is 41.4 Å². The first-order valence-corrected chi connectivity index (χ1v) is 7.96. The lowest BCUT2D eigenvalue weighted by molar-refractivity contribution is 0.781. The number of rotatable bonds is 6. The van der Waals surface area contributed by atoms with E-state index in [1.54, 1.807) is 29.6 Å². The van der Waals surface area contributed by atoms with E-state index >= 15 is 0 Å². The van der Waals surface area contributed by atoms with Gasteiger partial charge >= 0.3 is 0 Å². The summed E-state index contributed by atoms with van der Waals surface area (Å²) in [7, 11) is 0. The fourth-order valence-corrected chi connectivity index (χ4v) is 2.53. The van der Waals surface area contributed by atoms with Crippen molar-refractivity contribution in [1.29, 1.82) is 0 Å². The molecule has 4 aromatic rings.